The van der Waals surface area contributed by atoms with Crippen LogP contribution in [0.4, 0.5) is 5.00 Å². The Morgan fingerprint density at radius 2 is 1.96 bits per heavy atom. The molecule has 0 radical (unpaired) electrons. The summed E-state index contributed by atoms with van der Waals surface area (Å²) in [6, 6.07) is 15.2. The number of pyridine rings is 1. The Kier molecular flexibility index (Phi) is 4.90. The van der Waals surface area contributed by atoms with E-state index in [1.807, 2.05) is 50.2 Å². The summed E-state index contributed by atoms with van der Waals surface area (Å²) in [4.78, 5) is 19.7. The van der Waals surface area contributed by atoms with Gasteiger partial charge in [0.2, 0.25) is 0 Å². The maximum Gasteiger partial charge on any atom is 0.257 e. The molecule has 0 fully saturated rings. The minimum atomic E-state index is -0.264. The molecule has 4 nitrogen and oxygen atoms in total. The Hall–Kier alpha value is -2.72. The molecule has 7 heteroatoms. The molecule has 0 atom stereocenters. The number of anilines is 1. The lowest BCUT2D eigenvalue weighted by Gasteiger charge is -2.09. The molecule has 4 rings (SSSR count). The number of aromatic nitrogens is 1. The van der Waals surface area contributed by atoms with Crippen LogP contribution in [-0.2, 0) is 0 Å². The van der Waals surface area contributed by atoms with Crippen LogP contribution in [0.15, 0.2) is 42.5 Å². The summed E-state index contributed by atoms with van der Waals surface area (Å²) in [6.45, 7) is 3.83. The van der Waals surface area contributed by atoms with E-state index >= 15 is 0 Å². The molecular formula is C21H14ClN3OS2. The van der Waals surface area contributed by atoms with Crippen molar-refractivity contribution in [3.63, 3.8) is 0 Å². The molecule has 0 spiro atoms. The van der Waals surface area contributed by atoms with Gasteiger partial charge in [-0.1, -0.05) is 29.8 Å². The number of halogens is 1. The van der Waals surface area contributed by atoms with Crippen LogP contribution in [0.2, 0.25) is 4.34 Å². The van der Waals surface area contributed by atoms with E-state index in [4.69, 9.17) is 11.6 Å². The minimum Gasteiger partial charge on any atom is -0.312 e. The third-order valence-electron chi connectivity index (χ3n) is 4.51. The smallest absolute Gasteiger partial charge is 0.257 e. The number of hydrogen-bond acceptors (Lipinski definition) is 5. The third kappa shape index (κ3) is 3.29. The van der Waals surface area contributed by atoms with E-state index in [-0.39, 0.29) is 5.91 Å². The zero-order valence-electron chi connectivity index (χ0n) is 15.0. The van der Waals surface area contributed by atoms with Crippen LogP contribution >= 0.6 is 34.3 Å². The van der Waals surface area contributed by atoms with E-state index in [9.17, 15) is 10.1 Å². The quantitative estimate of drug-likeness (QED) is 0.413. The number of nitrogens with one attached hydrogen (secondary N) is 1. The molecule has 1 aromatic carbocycles. The first-order valence-corrected chi connectivity index (χ1v) is 10.5. The molecule has 0 aliphatic carbocycles. The molecule has 0 unspecified atom stereocenters. The highest BCUT2D eigenvalue weighted by atomic mass is 35.5. The number of carbonyl (C=O) groups is 1. The molecule has 28 heavy (non-hydrogen) atoms. The minimum absolute atomic E-state index is 0.264. The fourth-order valence-corrected chi connectivity index (χ4v) is 4.97. The lowest BCUT2D eigenvalue weighted by molar-refractivity contribution is 0.102. The summed E-state index contributed by atoms with van der Waals surface area (Å²) >= 11 is 8.90. The highest BCUT2D eigenvalue weighted by Crippen LogP contribution is 2.34. The number of nitrogens with zero attached hydrogens (tertiary/aromatic N) is 2. The lowest BCUT2D eigenvalue weighted by Crippen LogP contribution is -2.13. The number of benzene rings is 1. The van der Waals surface area contributed by atoms with Gasteiger partial charge >= 0.3 is 0 Å². The summed E-state index contributed by atoms with van der Waals surface area (Å²) < 4.78 is 0.666. The number of para-hydroxylation sites is 1. The molecule has 0 saturated carbocycles. The lowest BCUT2D eigenvalue weighted by atomic mass is 10.1. The largest absolute Gasteiger partial charge is 0.312 e. The van der Waals surface area contributed by atoms with Gasteiger partial charge in [-0.25, -0.2) is 4.98 Å². The SMILES string of the molecule is Cc1sc(NC(=O)c2cc(-c3ccc(Cl)s3)nc3ccccc23)c(C#N)c1C. The maximum absolute atomic E-state index is 13.1. The summed E-state index contributed by atoms with van der Waals surface area (Å²) in [5, 5.41) is 13.7. The standard InChI is InChI=1S/C21H14ClN3OS2/c1-11-12(2)27-21(15(11)10-23)25-20(26)14-9-17(18-7-8-19(22)28-18)24-16-6-4-3-5-13(14)16/h3-9H,1-2H3,(H,25,26). The molecular weight excluding hydrogens is 410 g/mol. The van der Waals surface area contributed by atoms with Gasteiger partial charge in [-0.3, -0.25) is 4.79 Å². The van der Waals surface area contributed by atoms with Gasteiger partial charge in [0.05, 0.1) is 31.6 Å². The van der Waals surface area contributed by atoms with Crippen molar-refractivity contribution in [3.8, 4) is 16.6 Å². The number of rotatable bonds is 3. The Labute approximate surface area is 175 Å². The van der Waals surface area contributed by atoms with Crippen LogP contribution in [0.25, 0.3) is 21.5 Å². The van der Waals surface area contributed by atoms with Crippen molar-refractivity contribution < 1.29 is 4.79 Å². The molecule has 0 saturated heterocycles. The van der Waals surface area contributed by atoms with Crippen molar-refractivity contribution in [3.05, 3.63) is 68.4 Å². The zero-order chi connectivity index (χ0) is 19.8. The second kappa shape index (κ2) is 7.36. The van der Waals surface area contributed by atoms with Crippen LogP contribution in [0, 0.1) is 25.2 Å². The monoisotopic (exact) mass is 423 g/mol. The van der Waals surface area contributed by atoms with Crippen LogP contribution in [-0.4, -0.2) is 10.9 Å². The molecule has 4 aromatic rings. The number of fused-ring (bicyclic) bond motifs is 1. The summed E-state index contributed by atoms with van der Waals surface area (Å²) in [7, 11) is 0. The topological polar surface area (TPSA) is 65.8 Å². The van der Waals surface area contributed by atoms with Gasteiger partial charge in [-0.05, 0) is 43.7 Å². The van der Waals surface area contributed by atoms with Crippen LogP contribution in [0.1, 0.15) is 26.4 Å². The van der Waals surface area contributed by atoms with Gasteiger partial charge < -0.3 is 5.32 Å². The van der Waals surface area contributed by atoms with Crippen LogP contribution in [0.5, 0.6) is 0 Å². The molecule has 1 N–H and O–H groups in total. The number of carbonyl (C=O) groups excluding carboxylic acids is 1. The molecule has 138 valence electrons. The van der Waals surface area contributed by atoms with E-state index in [1.165, 1.54) is 22.7 Å². The van der Waals surface area contributed by atoms with Gasteiger partial charge in [-0.2, -0.15) is 5.26 Å². The maximum atomic E-state index is 13.1. The van der Waals surface area contributed by atoms with Crippen molar-refractivity contribution in [1.82, 2.24) is 4.98 Å². The predicted octanol–water partition coefficient (Wildman–Crippen LogP) is 6.42. The molecule has 3 aromatic heterocycles. The number of thiophene rings is 2. The zero-order valence-corrected chi connectivity index (χ0v) is 17.4. The van der Waals surface area contributed by atoms with Gasteiger partial charge in [0.25, 0.3) is 5.91 Å². The molecule has 0 aliphatic heterocycles. The van der Waals surface area contributed by atoms with E-state index < -0.39 is 0 Å². The number of amides is 1. The second-order valence-electron chi connectivity index (χ2n) is 6.23. The average molecular weight is 424 g/mol. The van der Waals surface area contributed by atoms with Gasteiger partial charge in [0.1, 0.15) is 11.1 Å². The van der Waals surface area contributed by atoms with Gasteiger partial charge in [0.15, 0.2) is 0 Å². The van der Waals surface area contributed by atoms with Crippen molar-refractivity contribution >= 4 is 56.1 Å². The van der Waals surface area contributed by atoms with Gasteiger partial charge in [0, 0.05) is 10.3 Å². The van der Waals surface area contributed by atoms with E-state index in [2.05, 4.69) is 16.4 Å². The van der Waals surface area contributed by atoms with E-state index in [0.717, 1.165) is 26.2 Å². The number of nitriles is 1. The predicted molar refractivity (Wildman–Crippen MR) is 117 cm³/mol. The highest BCUT2D eigenvalue weighted by Gasteiger charge is 2.19. The second-order valence-corrected chi connectivity index (χ2v) is 9.17. The van der Waals surface area contributed by atoms with Crippen LogP contribution in [0.3, 0.4) is 0 Å². The van der Waals surface area contributed by atoms with Crippen molar-refractivity contribution in [2.75, 3.05) is 5.32 Å². The highest BCUT2D eigenvalue weighted by molar-refractivity contribution is 7.19. The van der Waals surface area contributed by atoms with Gasteiger partial charge in [-0.15, -0.1) is 22.7 Å². The Morgan fingerprint density at radius 1 is 1.18 bits per heavy atom. The third-order valence-corrected chi connectivity index (χ3v) is 6.89. The Bertz CT molecular complexity index is 1270. The Balaban J connectivity index is 1.82. The first-order chi connectivity index (χ1) is 13.5. The fourth-order valence-electron chi connectivity index (χ4n) is 2.96. The van der Waals surface area contributed by atoms with E-state index in [1.54, 1.807) is 6.07 Å². The van der Waals surface area contributed by atoms with Crippen LogP contribution < -0.4 is 5.32 Å². The first-order valence-electron chi connectivity index (χ1n) is 8.45. The fraction of sp³-hybridized carbons (Fsp3) is 0.0952. The molecule has 3 heterocycles. The summed E-state index contributed by atoms with van der Waals surface area (Å²) in [6.07, 6.45) is 0. The van der Waals surface area contributed by atoms with Crippen molar-refractivity contribution in [2.24, 2.45) is 0 Å². The normalized spacial score (nSPS) is 10.8. The number of hydrogen-bond donors (Lipinski definition) is 1. The number of aryl methyl sites for hydroxylation is 1. The first kappa shape index (κ1) is 18.6. The Morgan fingerprint density at radius 3 is 2.68 bits per heavy atom. The summed E-state index contributed by atoms with van der Waals surface area (Å²) in [5.41, 5.74) is 3.35. The van der Waals surface area contributed by atoms with E-state index in [0.29, 0.717) is 26.2 Å². The van der Waals surface area contributed by atoms with Crippen molar-refractivity contribution in [1.29, 1.82) is 5.26 Å². The summed E-state index contributed by atoms with van der Waals surface area (Å²) in [5.74, 6) is -0.264. The van der Waals surface area contributed by atoms with Crippen molar-refractivity contribution in [2.45, 2.75) is 13.8 Å². The molecule has 1 amide bonds. The average Bonchev–Trinajstić information content (AvgIpc) is 3.24. The molecule has 0 bridgehead atoms. The molecule has 0 aliphatic rings.